The van der Waals surface area contributed by atoms with Crippen molar-refractivity contribution in [3.8, 4) is 0 Å². The monoisotopic (exact) mass is 267 g/mol. The van der Waals surface area contributed by atoms with Crippen molar-refractivity contribution in [2.75, 3.05) is 18.4 Å². The predicted molar refractivity (Wildman–Crippen MR) is 83.2 cm³/mol. The van der Waals surface area contributed by atoms with E-state index < -0.39 is 0 Å². The van der Waals surface area contributed by atoms with Crippen LogP contribution in [0.5, 0.6) is 0 Å². The number of aromatic nitrogens is 1. The van der Waals surface area contributed by atoms with Gasteiger partial charge in [-0.3, -0.25) is 4.90 Å². The summed E-state index contributed by atoms with van der Waals surface area (Å²) in [4.78, 5) is 7.08. The fourth-order valence-electron chi connectivity index (χ4n) is 3.01. The Morgan fingerprint density at radius 1 is 1.20 bits per heavy atom. The molecular weight excluding hydrogens is 246 g/mol. The average Bonchev–Trinajstić information content (AvgIpc) is 2.97. The van der Waals surface area contributed by atoms with Crippen LogP contribution in [-0.2, 0) is 0 Å². The molecule has 1 fully saturated rings. The molecule has 1 saturated heterocycles. The lowest BCUT2D eigenvalue weighted by Gasteiger charge is -2.24. The van der Waals surface area contributed by atoms with Gasteiger partial charge in [-0.05, 0) is 44.1 Å². The zero-order chi connectivity index (χ0) is 13.8. The predicted octanol–water partition coefficient (Wildman–Crippen LogP) is 3.98. The van der Waals surface area contributed by atoms with E-state index in [2.05, 4.69) is 40.3 Å². The molecule has 1 N–H and O–H groups in total. The van der Waals surface area contributed by atoms with Crippen LogP contribution in [0.4, 0.5) is 11.5 Å². The molecule has 1 atom stereocenters. The first-order chi connectivity index (χ1) is 9.88. The molecule has 0 bridgehead atoms. The highest BCUT2D eigenvalue weighted by atomic mass is 15.2. The van der Waals surface area contributed by atoms with Gasteiger partial charge in [-0.1, -0.05) is 31.2 Å². The second kappa shape index (κ2) is 6.06. The molecule has 0 radical (unpaired) electrons. The number of hydrogen-bond acceptors (Lipinski definition) is 3. The molecule has 1 aliphatic heterocycles. The van der Waals surface area contributed by atoms with E-state index >= 15 is 0 Å². The van der Waals surface area contributed by atoms with Crippen LogP contribution >= 0.6 is 0 Å². The van der Waals surface area contributed by atoms with E-state index in [4.69, 9.17) is 0 Å². The second-order valence-corrected chi connectivity index (χ2v) is 5.22. The van der Waals surface area contributed by atoms with E-state index in [-0.39, 0.29) is 0 Å². The van der Waals surface area contributed by atoms with Crippen molar-refractivity contribution in [2.45, 2.75) is 25.8 Å². The van der Waals surface area contributed by atoms with Crippen LogP contribution in [0.15, 0.2) is 48.7 Å². The number of para-hydroxylation sites is 1. The minimum Gasteiger partial charge on any atom is -0.340 e. The Labute approximate surface area is 120 Å². The summed E-state index contributed by atoms with van der Waals surface area (Å²) >= 11 is 0. The van der Waals surface area contributed by atoms with E-state index in [1.165, 1.54) is 24.9 Å². The van der Waals surface area contributed by atoms with Crippen molar-refractivity contribution in [3.63, 3.8) is 0 Å². The van der Waals surface area contributed by atoms with Crippen LogP contribution in [0.2, 0.25) is 0 Å². The second-order valence-electron chi connectivity index (χ2n) is 5.22. The largest absolute Gasteiger partial charge is 0.340 e. The molecule has 2 heterocycles. The molecule has 1 aliphatic rings. The third-order valence-corrected chi connectivity index (χ3v) is 4.00. The summed E-state index contributed by atoms with van der Waals surface area (Å²) < 4.78 is 0. The zero-order valence-corrected chi connectivity index (χ0v) is 11.9. The summed E-state index contributed by atoms with van der Waals surface area (Å²) in [5.41, 5.74) is 2.41. The number of rotatable bonds is 4. The molecule has 1 aromatic carbocycles. The highest BCUT2D eigenvalue weighted by Crippen LogP contribution is 2.35. The van der Waals surface area contributed by atoms with E-state index in [0.717, 1.165) is 18.1 Å². The SMILES string of the molecule is CCN1CCC[C@@H]1c1cccnc1Nc1ccccc1. The van der Waals surface area contributed by atoms with Gasteiger partial charge in [0.2, 0.25) is 0 Å². The van der Waals surface area contributed by atoms with Gasteiger partial charge in [-0.2, -0.15) is 0 Å². The Hall–Kier alpha value is -1.87. The quantitative estimate of drug-likeness (QED) is 0.908. The molecule has 0 saturated carbocycles. The van der Waals surface area contributed by atoms with Gasteiger partial charge in [0.15, 0.2) is 0 Å². The highest BCUT2D eigenvalue weighted by molar-refractivity contribution is 5.59. The molecule has 3 rings (SSSR count). The van der Waals surface area contributed by atoms with Gasteiger partial charge < -0.3 is 5.32 Å². The van der Waals surface area contributed by atoms with Crippen molar-refractivity contribution in [2.24, 2.45) is 0 Å². The maximum atomic E-state index is 4.55. The van der Waals surface area contributed by atoms with Crippen molar-refractivity contribution in [1.82, 2.24) is 9.88 Å². The van der Waals surface area contributed by atoms with Crippen LogP contribution < -0.4 is 5.32 Å². The number of hydrogen-bond donors (Lipinski definition) is 1. The highest BCUT2D eigenvalue weighted by Gasteiger charge is 2.26. The number of benzene rings is 1. The van der Waals surface area contributed by atoms with Gasteiger partial charge in [-0.25, -0.2) is 4.98 Å². The van der Waals surface area contributed by atoms with E-state index in [0.29, 0.717) is 6.04 Å². The van der Waals surface area contributed by atoms with Crippen LogP contribution in [-0.4, -0.2) is 23.0 Å². The first-order valence-electron chi connectivity index (χ1n) is 7.39. The van der Waals surface area contributed by atoms with Gasteiger partial charge in [0.1, 0.15) is 5.82 Å². The smallest absolute Gasteiger partial charge is 0.135 e. The van der Waals surface area contributed by atoms with E-state index in [9.17, 15) is 0 Å². The topological polar surface area (TPSA) is 28.2 Å². The summed E-state index contributed by atoms with van der Waals surface area (Å²) in [6, 6.07) is 15.0. The third kappa shape index (κ3) is 2.68. The number of likely N-dealkylation sites (tertiary alicyclic amines) is 1. The number of pyridine rings is 1. The Kier molecular flexibility index (Phi) is 3.97. The van der Waals surface area contributed by atoms with Crippen LogP contribution in [0.3, 0.4) is 0 Å². The Morgan fingerprint density at radius 2 is 2.05 bits per heavy atom. The Balaban J connectivity index is 1.88. The molecule has 2 aromatic rings. The summed E-state index contributed by atoms with van der Waals surface area (Å²) in [6.07, 6.45) is 4.36. The zero-order valence-electron chi connectivity index (χ0n) is 11.9. The molecular formula is C17H21N3. The molecule has 1 aromatic heterocycles. The van der Waals surface area contributed by atoms with Crippen molar-refractivity contribution in [1.29, 1.82) is 0 Å². The summed E-state index contributed by atoms with van der Waals surface area (Å²) in [5.74, 6) is 0.990. The average molecular weight is 267 g/mol. The Bertz CT molecular complexity index is 553. The van der Waals surface area contributed by atoms with E-state index in [1.807, 2.05) is 30.5 Å². The maximum Gasteiger partial charge on any atom is 0.135 e. The standard InChI is InChI=1S/C17H21N3/c1-2-20-13-7-11-16(20)15-10-6-12-18-17(15)19-14-8-4-3-5-9-14/h3-6,8-10,12,16H,2,7,11,13H2,1H3,(H,18,19)/t16-/m1/s1. The number of nitrogens with zero attached hydrogens (tertiary/aromatic N) is 2. The maximum absolute atomic E-state index is 4.55. The molecule has 104 valence electrons. The van der Waals surface area contributed by atoms with Gasteiger partial charge in [0.05, 0.1) is 0 Å². The fraction of sp³-hybridized carbons (Fsp3) is 0.353. The molecule has 20 heavy (non-hydrogen) atoms. The van der Waals surface area contributed by atoms with Crippen molar-refractivity contribution < 1.29 is 0 Å². The number of anilines is 2. The molecule has 0 unspecified atom stereocenters. The van der Waals surface area contributed by atoms with Gasteiger partial charge in [-0.15, -0.1) is 0 Å². The Morgan fingerprint density at radius 3 is 2.85 bits per heavy atom. The van der Waals surface area contributed by atoms with Crippen LogP contribution in [0.25, 0.3) is 0 Å². The summed E-state index contributed by atoms with van der Waals surface area (Å²) in [6.45, 7) is 4.53. The van der Waals surface area contributed by atoms with Crippen molar-refractivity contribution >= 4 is 11.5 Å². The first-order valence-corrected chi connectivity index (χ1v) is 7.39. The fourth-order valence-corrected chi connectivity index (χ4v) is 3.01. The lowest BCUT2D eigenvalue weighted by molar-refractivity contribution is 0.272. The minimum atomic E-state index is 0.500. The third-order valence-electron chi connectivity index (χ3n) is 4.00. The normalized spacial score (nSPS) is 19.1. The molecule has 3 nitrogen and oxygen atoms in total. The van der Waals surface area contributed by atoms with E-state index in [1.54, 1.807) is 0 Å². The first kappa shape index (κ1) is 13.1. The molecule has 3 heteroatoms. The van der Waals surface area contributed by atoms with Crippen LogP contribution in [0, 0.1) is 0 Å². The lowest BCUT2D eigenvalue weighted by Crippen LogP contribution is -2.23. The van der Waals surface area contributed by atoms with Gasteiger partial charge >= 0.3 is 0 Å². The molecule has 0 spiro atoms. The lowest BCUT2D eigenvalue weighted by atomic mass is 10.1. The summed E-state index contributed by atoms with van der Waals surface area (Å²) in [5, 5.41) is 3.46. The summed E-state index contributed by atoms with van der Waals surface area (Å²) in [7, 11) is 0. The number of nitrogens with one attached hydrogen (secondary N) is 1. The minimum absolute atomic E-state index is 0.500. The van der Waals surface area contributed by atoms with Gasteiger partial charge in [0, 0.05) is 23.5 Å². The van der Waals surface area contributed by atoms with Gasteiger partial charge in [0.25, 0.3) is 0 Å². The van der Waals surface area contributed by atoms with Crippen molar-refractivity contribution in [3.05, 3.63) is 54.2 Å². The molecule has 0 aliphatic carbocycles. The molecule has 0 amide bonds. The van der Waals surface area contributed by atoms with Crippen LogP contribution in [0.1, 0.15) is 31.4 Å².